The fraction of sp³-hybridized carbons (Fsp3) is 0.250. The molecule has 0 aliphatic rings. The summed E-state index contributed by atoms with van der Waals surface area (Å²) in [5.74, 6) is -0.553. The molecule has 1 rings (SSSR count). The van der Waals surface area contributed by atoms with Crippen LogP contribution in [0.25, 0.3) is 0 Å². The van der Waals surface area contributed by atoms with Crippen LogP contribution in [0.3, 0.4) is 0 Å². The second-order valence-electron chi connectivity index (χ2n) is 2.45. The van der Waals surface area contributed by atoms with Crippen molar-refractivity contribution in [1.29, 1.82) is 0 Å². The molecule has 13 heavy (non-hydrogen) atoms. The Hall–Kier alpha value is -0.810. The van der Waals surface area contributed by atoms with E-state index in [0.717, 1.165) is 10.0 Å². The predicted molar refractivity (Wildman–Crippen MR) is 54.4 cm³/mol. The van der Waals surface area contributed by atoms with Crippen molar-refractivity contribution in [3.8, 4) is 0 Å². The van der Waals surface area contributed by atoms with Gasteiger partial charge in [-0.15, -0.1) is 11.3 Å². The van der Waals surface area contributed by atoms with Crippen molar-refractivity contribution in [1.82, 2.24) is 4.98 Å². The van der Waals surface area contributed by atoms with E-state index >= 15 is 0 Å². The van der Waals surface area contributed by atoms with Crippen molar-refractivity contribution in [2.45, 2.75) is 11.3 Å². The first-order valence-electron chi connectivity index (χ1n) is 3.55. The van der Waals surface area contributed by atoms with Gasteiger partial charge in [-0.3, -0.25) is 0 Å². The van der Waals surface area contributed by atoms with Crippen LogP contribution >= 0.6 is 23.1 Å². The van der Waals surface area contributed by atoms with Crippen molar-refractivity contribution in [2.24, 2.45) is 0 Å². The molecule has 0 fully saturated rings. The van der Waals surface area contributed by atoms with E-state index in [2.05, 4.69) is 11.6 Å². The van der Waals surface area contributed by atoms with Crippen LogP contribution in [0.1, 0.15) is 5.69 Å². The van der Waals surface area contributed by atoms with Crippen molar-refractivity contribution in [3.63, 3.8) is 0 Å². The van der Waals surface area contributed by atoms with Gasteiger partial charge < -0.3 is 5.11 Å². The van der Waals surface area contributed by atoms with Crippen LogP contribution in [0.15, 0.2) is 21.9 Å². The van der Waals surface area contributed by atoms with Gasteiger partial charge in [0.05, 0.1) is 0 Å². The number of nitrogens with zero attached hydrogens (tertiary/aromatic N) is 1. The average Bonchev–Trinajstić information content (AvgIpc) is 2.47. The third-order valence-electron chi connectivity index (χ3n) is 1.27. The molecule has 1 N–H and O–H groups in total. The molecule has 70 valence electrons. The van der Waals surface area contributed by atoms with Gasteiger partial charge in [0.25, 0.3) is 0 Å². The van der Waals surface area contributed by atoms with Crippen molar-refractivity contribution >= 4 is 29.1 Å². The van der Waals surface area contributed by atoms with Crippen LogP contribution in [0.2, 0.25) is 0 Å². The lowest BCUT2D eigenvalue weighted by molar-refractivity contribution is -0.132. The standard InChI is InChI=1S/C8H9NO2S2/c1-5(7(10)11)3-12-8-9-6(2)4-13-8/h4H,1,3H2,2H3,(H,10,11). The molecular weight excluding hydrogens is 206 g/mol. The van der Waals surface area contributed by atoms with Gasteiger partial charge in [0.15, 0.2) is 0 Å². The lowest BCUT2D eigenvalue weighted by atomic mass is 10.4. The van der Waals surface area contributed by atoms with E-state index < -0.39 is 5.97 Å². The molecular formula is C8H9NO2S2. The van der Waals surface area contributed by atoms with Crippen molar-refractivity contribution < 1.29 is 9.90 Å². The zero-order chi connectivity index (χ0) is 9.84. The fourth-order valence-electron chi connectivity index (χ4n) is 0.609. The van der Waals surface area contributed by atoms with E-state index in [4.69, 9.17) is 5.11 Å². The van der Waals surface area contributed by atoms with Gasteiger partial charge in [0, 0.05) is 22.4 Å². The Labute approximate surface area is 84.5 Å². The summed E-state index contributed by atoms with van der Waals surface area (Å²) >= 11 is 2.93. The number of aromatic nitrogens is 1. The van der Waals surface area contributed by atoms with E-state index in [-0.39, 0.29) is 5.57 Å². The van der Waals surface area contributed by atoms with Gasteiger partial charge in [0.2, 0.25) is 0 Å². The fourth-order valence-corrected chi connectivity index (χ4v) is 2.35. The number of carbonyl (C=O) groups is 1. The number of carboxylic acids is 1. The Morgan fingerprint density at radius 1 is 1.85 bits per heavy atom. The molecule has 5 heteroatoms. The highest BCUT2D eigenvalue weighted by molar-refractivity contribution is 8.01. The molecule has 0 unspecified atom stereocenters. The molecule has 0 aliphatic carbocycles. The molecule has 0 saturated heterocycles. The molecule has 3 nitrogen and oxygen atoms in total. The zero-order valence-electron chi connectivity index (χ0n) is 7.11. The Balaban J connectivity index is 2.44. The predicted octanol–water partition coefficient (Wildman–Crippen LogP) is 2.18. The van der Waals surface area contributed by atoms with Crippen molar-refractivity contribution in [2.75, 3.05) is 5.75 Å². The minimum Gasteiger partial charge on any atom is -0.478 e. The monoisotopic (exact) mass is 215 g/mol. The lowest BCUT2D eigenvalue weighted by Gasteiger charge is -1.96. The van der Waals surface area contributed by atoms with Gasteiger partial charge >= 0.3 is 5.97 Å². The van der Waals surface area contributed by atoms with Gasteiger partial charge in [0.1, 0.15) is 4.34 Å². The van der Waals surface area contributed by atoms with Crippen LogP contribution in [0.5, 0.6) is 0 Å². The Kier molecular flexibility index (Phi) is 3.50. The number of thiazole rings is 1. The molecule has 1 aromatic rings. The highest BCUT2D eigenvalue weighted by atomic mass is 32.2. The third kappa shape index (κ3) is 3.20. The summed E-state index contributed by atoms with van der Waals surface area (Å²) < 4.78 is 0.889. The quantitative estimate of drug-likeness (QED) is 0.618. The molecule has 0 saturated carbocycles. The van der Waals surface area contributed by atoms with E-state index in [1.54, 1.807) is 0 Å². The maximum absolute atomic E-state index is 10.4. The molecule has 1 heterocycles. The van der Waals surface area contributed by atoms with Gasteiger partial charge in [-0.25, -0.2) is 9.78 Å². The molecule has 0 amide bonds. The second-order valence-corrected chi connectivity index (χ2v) is 4.53. The van der Waals surface area contributed by atoms with E-state index in [9.17, 15) is 4.79 Å². The van der Waals surface area contributed by atoms with Crippen molar-refractivity contribution in [3.05, 3.63) is 23.2 Å². The summed E-state index contributed by atoms with van der Waals surface area (Å²) in [6.07, 6.45) is 0. The van der Waals surface area contributed by atoms with E-state index in [0.29, 0.717) is 5.75 Å². The molecule has 1 aromatic heterocycles. The number of carboxylic acid groups (broad SMARTS) is 1. The minimum atomic E-state index is -0.944. The van der Waals surface area contributed by atoms with Crippen LogP contribution in [0, 0.1) is 6.92 Å². The van der Waals surface area contributed by atoms with Crippen LogP contribution in [0.4, 0.5) is 0 Å². The summed E-state index contributed by atoms with van der Waals surface area (Å²) in [6, 6.07) is 0. The number of rotatable bonds is 4. The zero-order valence-corrected chi connectivity index (χ0v) is 8.74. The smallest absolute Gasteiger partial charge is 0.331 e. The average molecular weight is 215 g/mol. The lowest BCUT2D eigenvalue weighted by Crippen LogP contribution is -2.00. The van der Waals surface area contributed by atoms with E-state index in [1.165, 1.54) is 23.1 Å². The number of hydrogen-bond donors (Lipinski definition) is 1. The number of hydrogen-bond acceptors (Lipinski definition) is 4. The normalized spacial score (nSPS) is 9.92. The van der Waals surface area contributed by atoms with Crippen LogP contribution < -0.4 is 0 Å². The maximum atomic E-state index is 10.4. The summed E-state index contributed by atoms with van der Waals surface area (Å²) in [5.41, 5.74) is 1.17. The van der Waals surface area contributed by atoms with E-state index in [1.807, 2.05) is 12.3 Å². The molecule has 0 radical (unpaired) electrons. The summed E-state index contributed by atoms with van der Waals surface area (Å²) in [4.78, 5) is 14.6. The first-order chi connectivity index (χ1) is 6.09. The number of aliphatic carboxylic acids is 1. The largest absolute Gasteiger partial charge is 0.478 e. The molecule has 0 spiro atoms. The Morgan fingerprint density at radius 3 is 3.00 bits per heavy atom. The first-order valence-corrected chi connectivity index (χ1v) is 5.42. The summed E-state index contributed by atoms with van der Waals surface area (Å²) in [7, 11) is 0. The SMILES string of the molecule is C=C(CSc1nc(C)cs1)C(=O)O. The molecule has 0 bridgehead atoms. The van der Waals surface area contributed by atoms with Crippen LogP contribution in [-0.2, 0) is 4.79 Å². The Bertz CT molecular complexity index is 333. The Morgan fingerprint density at radius 2 is 2.54 bits per heavy atom. The topological polar surface area (TPSA) is 50.2 Å². The van der Waals surface area contributed by atoms with Gasteiger partial charge in [-0.1, -0.05) is 18.3 Å². The minimum absolute atomic E-state index is 0.206. The molecule has 0 aliphatic heterocycles. The number of aryl methyl sites for hydroxylation is 1. The van der Waals surface area contributed by atoms with Gasteiger partial charge in [-0.05, 0) is 6.92 Å². The third-order valence-corrected chi connectivity index (χ3v) is 3.50. The summed E-state index contributed by atoms with van der Waals surface area (Å²) in [5, 5.41) is 10.5. The highest BCUT2D eigenvalue weighted by Crippen LogP contribution is 2.23. The highest BCUT2D eigenvalue weighted by Gasteiger charge is 2.06. The first kappa shape index (κ1) is 10.3. The van der Waals surface area contributed by atoms with Crippen LogP contribution in [-0.4, -0.2) is 21.8 Å². The molecule has 0 atom stereocenters. The second kappa shape index (κ2) is 4.43. The van der Waals surface area contributed by atoms with Gasteiger partial charge in [-0.2, -0.15) is 0 Å². The summed E-state index contributed by atoms with van der Waals surface area (Å²) in [6.45, 7) is 5.34. The maximum Gasteiger partial charge on any atom is 0.331 e. The number of thioether (sulfide) groups is 1. The molecule has 0 aromatic carbocycles.